The Balaban J connectivity index is 1.84. The van der Waals surface area contributed by atoms with E-state index in [-0.39, 0.29) is 6.10 Å². The molecular formula is C16H22O2. The van der Waals surface area contributed by atoms with Crippen molar-refractivity contribution in [3.8, 4) is 5.75 Å². The van der Waals surface area contributed by atoms with Gasteiger partial charge in [-0.15, -0.1) is 0 Å². The molecule has 2 heteroatoms. The van der Waals surface area contributed by atoms with Crippen LogP contribution >= 0.6 is 0 Å². The van der Waals surface area contributed by atoms with Crippen LogP contribution in [-0.4, -0.2) is 11.2 Å². The maximum atomic E-state index is 10.9. The van der Waals surface area contributed by atoms with Gasteiger partial charge in [0.05, 0.1) is 11.7 Å². The molecular weight excluding hydrogens is 224 g/mol. The van der Waals surface area contributed by atoms with Crippen LogP contribution in [0.15, 0.2) is 24.3 Å². The van der Waals surface area contributed by atoms with Gasteiger partial charge in [0.1, 0.15) is 5.75 Å². The van der Waals surface area contributed by atoms with Crippen molar-refractivity contribution < 1.29 is 9.84 Å². The summed E-state index contributed by atoms with van der Waals surface area (Å²) in [5, 5.41) is 10.9. The maximum absolute atomic E-state index is 10.9. The van der Waals surface area contributed by atoms with E-state index in [0.717, 1.165) is 11.3 Å². The third-order valence-electron chi connectivity index (χ3n) is 4.46. The van der Waals surface area contributed by atoms with Gasteiger partial charge in [-0.1, -0.05) is 25.0 Å². The minimum atomic E-state index is -0.563. The van der Waals surface area contributed by atoms with E-state index in [1.807, 2.05) is 38.1 Å². The SMILES string of the molecule is CC(C)Oc1cccc(C2(O)C3CCCCC32)c1. The van der Waals surface area contributed by atoms with Crippen molar-refractivity contribution in [2.45, 2.75) is 51.2 Å². The van der Waals surface area contributed by atoms with Crippen LogP contribution in [0.1, 0.15) is 45.1 Å². The lowest BCUT2D eigenvalue weighted by molar-refractivity contribution is 0.117. The number of fused-ring (bicyclic) bond motifs is 1. The van der Waals surface area contributed by atoms with Crippen LogP contribution in [0.3, 0.4) is 0 Å². The van der Waals surface area contributed by atoms with Gasteiger partial charge in [-0.05, 0) is 56.2 Å². The minimum Gasteiger partial charge on any atom is -0.491 e. The highest BCUT2D eigenvalue weighted by molar-refractivity contribution is 5.38. The molecule has 98 valence electrons. The number of aliphatic hydroxyl groups is 1. The smallest absolute Gasteiger partial charge is 0.120 e. The van der Waals surface area contributed by atoms with Crippen molar-refractivity contribution >= 4 is 0 Å². The van der Waals surface area contributed by atoms with Gasteiger partial charge in [0.2, 0.25) is 0 Å². The van der Waals surface area contributed by atoms with Crippen LogP contribution in [0, 0.1) is 11.8 Å². The maximum Gasteiger partial charge on any atom is 0.120 e. The summed E-state index contributed by atoms with van der Waals surface area (Å²) < 4.78 is 5.72. The van der Waals surface area contributed by atoms with Gasteiger partial charge >= 0.3 is 0 Å². The largest absolute Gasteiger partial charge is 0.491 e. The number of hydrogen-bond acceptors (Lipinski definition) is 2. The van der Waals surface area contributed by atoms with Gasteiger partial charge in [0.25, 0.3) is 0 Å². The minimum absolute atomic E-state index is 0.177. The standard InChI is InChI=1S/C16H22O2/c1-11(2)18-13-7-5-6-12(10-13)16(17)14-8-3-4-9-15(14)16/h5-7,10-11,14-15,17H,3-4,8-9H2,1-2H3. The fourth-order valence-electron chi connectivity index (χ4n) is 3.61. The number of ether oxygens (including phenoxy) is 1. The molecule has 1 aromatic carbocycles. The Labute approximate surface area is 109 Å². The van der Waals surface area contributed by atoms with Crippen LogP contribution in [0.4, 0.5) is 0 Å². The molecule has 3 rings (SSSR count). The van der Waals surface area contributed by atoms with Crippen molar-refractivity contribution in [3.05, 3.63) is 29.8 Å². The molecule has 2 atom stereocenters. The first-order chi connectivity index (χ1) is 8.62. The Morgan fingerprint density at radius 2 is 1.89 bits per heavy atom. The molecule has 0 saturated heterocycles. The second-order valence-corrected chi connectivity index (χ2v) is 6.02. The second kappa shape index (κ2) is 4.27. The summed E-state index contributed by atoms with van der Waals surface area (Å²) in [6, 6.07) is 8.04. The van der Waals surface area contributed by atoms with Crippen molar-refractivity contribution in [2.24, 2.45) is 11.8 Å². The molecule has 2 nitrogen and oxygen atoms in total. The summed E-state index contributed by atoms with van der Waals surface area (Å²) in [5.41, 5.74) is 0.491. The average molecular weight is 246 g/mol. The third kappa shape index (κ3) is 1.83. The van der Waals surface area contributed by atoms with Crippen LogP contribution < -0.4 is 4.74 Å². The van der Waals surface area contributed by atoms with Crippen molar-refractivity contribution in [1.29, 1.82) is 0 Å². The topological polar surface area (TPSA) is 29.5 Å². The molecule has 2 fully saturated rings. The molecule has 0 radical (unpaired) electrons. The van der Waals surface area contributed by atoms with Gasteiger partial charge in [-0.2, -0.15) is 0 Å². The molecule has 0 heterocycles. The Kier molecular flexibility index (Phi) is 2.86. The zero-order chi connectivity index (χ0) is 12.8. The van der Waals surface area contributed by atoms with Gasteiger partial charge in [0, 0.05) is 0 Å². The molecule has 0 spiro atoms. The zero-order valence-corrected chi connectivity index (χ0v) is 11.2. The lowest BCUT2D eigenvalue weighted by atomic mass is 10.0. The van der Waals surface area contributed by atoms with Gasteiger partial charge < -0.3 is 9.84 Å². The van der Waals surface area contributed by atoms with Crippen molar-refractivity contribution in [3.63, 3.8) is 0 Å². The van der Waals surface area contributed by atoms with Crippen LogP contribution in [-0.2, 0) is 5.60 Å². The van der Waals surface area contributed by atoms with Crippen LogP contribution in [0.5, 0.6) is 5.75 Å². The number of hydrogen-bond donors (Lipinski definition) is 1. The summed E-state index contributed by atoms with van der Waals surface area (Å²) in [6.45, 7) is 4.05. The van der Waals surface area contributed by atoms with Crippen LogP contribution in [0.2, 0.25) is 0 Å². The summed E-state index contributed by atoms with van der Waals surface area (Å²) in [7, 11) is 0. The first-order valence-electron chi connectivity index (χ1n) is 7.12. The van der Waals surface area contributed by atoms with Crippen LogP contribution in [0.25, 0.3) is 0 Å². The molecule has 0 amide bonds. The molecule has 0 aromatic heterocycles. The predicted molar refractivity (Wildman–Crippen MR) is 71.6 cm³/mol. The van der Waals surface area contributed by atoms with Crippen molar-refractivity contribution in [1.82, 2.24) is 0 Å². The lowest BCUT2D eigenvalue weighted by Gasteiger charge is -2.15. The first kappa shape index (κ1) is 12.0. The van der Waals surface area contributed by atoms with E-state index in [1.165, 1.54) is 25.7 Å². The highest BCUT2D eigenvalue weighted by Gasteiger charge is 2.64. The van der Waals surface area contributed by atoms with Crippen molar-refractivity contribution in [2.75, 3.05) is 0 Å². The summed E-state index contributed by atoms with van der Waals surface area (Å²) >= 11 is 0. The van der Waals surface area contributed by atoms with Gasteiger partial charge in [0.15, 0.2) is 0 Å². The first-order valence-corrected chi connectivity index (χ1v) is 7.12. The molecule has 1 N–H and O–H groups in total. The number of benzene rings is 1. The quantitative estimate of drug-likeness (QED) is 0.884. The molecule has 0 bridgehead atoms. The normalized spacial score (nSPS) is 34.2. The Morgan fingerprint density at radius 1 is 1.22 bits per heavy atom. The molecule has 2 aliphatic carbocycles. The van der Waals surface area contributed by atoms with Gasteiger partial charge in [-0.3, -0.25) is 0 Å². The van der Waals surface area contributed by atoms with E-state index in [4.69, 9.17) is 4.74 Å². The molecule has 0 aliphatic heterocycles. The summed E-state index contributed by atoms with van der Waals surface area (Å²) in [5.74, 6) is 1.85. The molecule has 18 heavy (non-hydrogen) atoms. The molecule has 1 aromatic rings. The van der Waals surface area contributed by atoms with E-state index in [9.17, 15) is 5.11 Å². The molecule has 2 aliphatic rings. The fourth-order valence-corrected chi connectivity index (χ4v) is 3.61. The zero-order valence-electron chi connectivity index (χ0n) is 11.2. The number of rotatable bonds is 3. The van der Waals surface area contributed by atoms with Gasteiger partial charge in [-0.25, -0.2) is 0 Å². The Morgan fingerprint density at radius 3 is 2.50 bits per heavy atom. The Bertz CT molecular complexity index is 426. The summed E-state index contributed by atoms with van der Waals surface area (Å²) in [6.07, 6.45) is 5.07. The monoisotopic (exact) mass is 246 g/mol. The summed E-state index contributed by atoms with van der Waals surface area (Å²) in [4.78, 5) is 0. The fraction of sp³-hybridized carbons (Fsp3) is 0.625. The van der Waals surface area contributed by atoms with E-state index in [1.54, 1.807) is 0 Å². The second-order valence-electron chi connectivity index (χ2n) is 6.02. The molecule has 2 saturated carbocycles. The molecule has 2 unspecified atom stereocenters. The van der Waals surface area contributed by atoms with E-state index >= 15 is 0 Å². The Hall–Kier alpha value is -1.02. The average Bonchev–Trinajstić information content (AvgIpc) is 2.97. The lowest BCUT2D eigenvalue weighted by Crippen LogP contribution is -2.11. The van der Waals surface area contributed by atoms with E-state index < -0.39 is 5.60 Å². The predicted octanol–water partition coefficient (Wildman–Crippen LogP) is 3.48. The highest BCUT2D eigenvalue weighted by atomic mass is 16.5. The van der Waals surface area contributed by atoms with E-state index in [0.29, 0.717) is 11.8 Å². The highest BCUT2D eigenvalue weighted by Crippen LogP contribution is 2.64. The third-order valence-corrected chi connectivity index (χ3v) is 4.46. The van der Waals surface area contributed by atoms with E-state index in [2.05, 4.69) is 0 Å².